The van der Waals surface area contributed by atoms with Gasteiger partial charge in [-0.05, 0) is 36.2 Å². The quantitative estimate of drug-likeness (QED) is 0.790. The van der Waals surface area contributed by atoms with Crippen molar-refractivity contribution in [2.75, 3.05) is 19.5 Å². The summed E-state index contributed by atoms with van der Waals surface area (Å²) >= 11 is 0. The van der Waals surface area contributed by atoms with Crippen LogP contribution in [-0.2, 0) is 6.61 Å². The molecule has 0 saturated carbocycles. The van der Waals surface area contributed by atoms with Crippen LogP contribution in [-0.4, -0.2) is 13.7 Å². The predicted octanol–water partition coefficient (Wildman–Crippen LogP) is 3.65. The van der Waals surface area contributed by atoms with Gasteiger partial charge in [0.15, 0.2) is 0 Å². The maximum atomic E-state index is 6.07. The summed E-state index contributed by atoms with van der Waals surface area (Å²) in [5.74, 6) is 2.11. The summed E-state index contributed by atoms with van der Waals surface area (Å²) in [5, 5.41) is 0. The predicted molar refractivity (Wildman–Crippen MR) is 84.0 cm³/mol. The van der Waals surface area contributed by atoms with E-state index in [2.05, 4.69) is 6.92 Å². The summed E-state index contributed by atoms with van der Waals surface area (Å²) in [5.41, 5.74) is 7.63. The number of para-hydroxylation sites is 1. The van der Waals surface area contributed by atoms with Crippen LogP contribution in [0.25, 0.3) is 0 Å². The third-order valence-corrected chi connectivity index (χ3v) is 3.02. The lowest BCUT2D eigenvalue weighted by Gasteiger charge is -2.13. The molecule has 0 spiro atoms. The van der Waals surface area contributed by atoms with E-state index < -0.39 is 0 Å². The zero-order chi connectivity index (χ0) is 15.1. The smallest absolute Gasteiger partial charge is 0.146 e. The lowest BCUT2D eigenvalue weighted by molar-refractivity contribution is 0.297. The van der Waals surface area contributed by atoms with Crippen LogP contribution in [0.1, 0.15) is 18.9 Å². The molecule has 0 fully saturated rings. The minimum absolute atomic E-state index is 0.429. The van der Waals surface area contributed by atoms with Crippen molar-refractivity contribution in [1.29, 1.82) is 0 Å². The van der Waals surface area contributed by atoms with Crippen LogP contribution in [0.4, 0.5) is 5.69 Å². The first-order valence-electron chi connectivity index (χ1n) is 7.01. The highest BCUT2D eigenvalue weighted by atomic mass is 16.5. The Hall–Kier alpha value is -2.36. The number of anilines is 1. The number of nitrogens with two attached hydrogens (primary N) is 1. The normalized spacial score (nSPS) is 10.2. The van der Waals surface area contributed by atoms with E-state index in [1.807, 2.05) is 42.5 Å². The second kappa shape index (κ2) is 7.43. The number of hydrogen-bond acceptors (Lipinski definition) is 4. The minimum atomic E-state index is 0.429. The second-order valence-electron chi connectivity index (χ2n) is 4.66. The van der Waals surface area contributed by atoms with Gasteiger partial charge in [0.05, 0.1) is 13.7 Å². The van der Waals surface area contributed by atoms with E-state index in [0.717, 1.165) is 17.7 Å². The zero-order valence-electron chi connectivity index (χ0n) is 12.5. The molecule has 4 heteroatoms. The van der Waals surface area contributed by atoms with Crippen molar-refractivity contribution in [1.82, 2.24) is 0 Å². The van der Waals surface area contributed by atoms with Gasteiger partial charge >= 0.3 is 0 Å². The van der Waals surface area contributed by atoms with E-state index in [1.165, 1.54) is 0 Å². The molecular formula is C17H21NO3. The van der Waals surface area contributed by atoms with E-state index in [4.69, 9.17) is 19.9 Å². The summed E-state index contributed by atoms with van der Waals surface area (Å²) in [6, 6.07) is 13.3. The van der Waals surface area contributed by atoms with Crippen LogP contribution >= 0.6 is 0 Å². The Kier molecular flexibility index (Phi) is 5.32. The van der Waals surface area contributed by atoms with E-state index >= 15 is 0 Å². The van der Waals surface area contributed by atoms with Crippen molar-refractivity contribution in [3.8, 4) is 17.2 Å². The Morgan fingerprint density at radius 2 is 1.71 bits per heavy atom. The summed E-state index contributed by atoms with van der Waals surface area (Å²) in [6.45, 7) is 3.13. The minimum Gasteiger partial charge on any atom is -0.497 e. The number of hydrogen-bond donors (Lipinski definition) is 1. The summed E-state index contributed by atoms with van der Waals surface area (Å²) in [7, 11) is 1.65. The monoisotopic (exact) mass is 287 g/mol. The molecule has 0 unspecified atom stereocenters. The molecular weight excluding hydrogens is 266 g/mol. The van der Waals surface area contributed by atoms with Gasteiger partial charge in [-0.15, -0.1) is 0 Å². The van der Waals surface area contributed by atoms with E-state index in [1.54, 1.807) is 7.11 Å². The van der Waals surface area contributed by atoms with Gasteiger partial charge in [-0.3, -0.25) is 0 Å². The van der Waals surface area contributed by atoms with E-state index in [0.29, 0.717) is 30.4 Å². The van der Waals surface area contributed by atoms with Crippen LogP contribution in [0.5, 0.6) is 17.2 Å². The van der Waals surface area contributed by atoms with Gasteiger partial charge in [0, 0.05) is 0 Å². The maximum absolute atomic E-state index is 6.07. The largest absolute Gasteiger partial charge is 0.497 e. The van der Waals surface area contributed by atoms with Crippen LogP contribution in [0.2, 0.25) is 0 Å². The number of benzene rings is 2. The third kappa shape index (κ3) is 4.05. The van der Waals surface area contributed by atoms with Gasteiger partial charge in [0.1, 0.15) is 29.5 Å². The third-order valence-electron chi connectivity index (χ3n) is 3.02. The lowest BCUT2D eigenvalue weighted by atomic mass is 10.2. The topological polar surface area (TPSA) is 53.7 Å². The molecule has 0 aliphatic rings. The van der Waals surface area contributed by atoms with Crippen LogP contribution in [0, 0.1) is 0 Å². The molecule has 0 atom stereocenters. The summed E-state index contributed by atoms with van der Waals surface area (Å²) in [6.07, 6.45) is 0.939. The van der Waals surface area contributed by atoms with Gasteiger partial charge in [0.25, 0.3) is 0 Å². The van der Waals surface area contributed by atoms with Crippen molar-refractivity contribution in [3.05, 3.63) is 48.0 Å². The van der Waals surface area contributed by atoms with Gasteiger partial charge in [0.2, 0.25) is 0 Å². The molecule has 21 heavy (non-hydrogen) atoms. The van der Waals surface area contributed by atoms with Crippen LogP contribution in [0.3, 0.4) is 0 Å². The maximum Gasteiger partial charge on any atom is 0.146 e. The average molecular weight is 287 g/mol. The Balaban J connectivity index is 2.05. The van der Waals surface area contributed by atoms with Crippen molar-refractivity contribution in [3.63, 3.8) is 0 Å². The second-order valence-corrected chi connectivity index (χ2v) is 4.66. The molecule has 0 saturated heterocycles. The SMILES string of the molecule is CCCOc1cccc(OCc2cccc(OC)c2)c1N. The summed E-state index contributed by atoms with van der Waals surface area (Å²) < 4.78 is 16.6. The first-order valence-corrected chi connectivity index (χ1v) is 7.01. The van der Waals surface area contributed by atoms with Gasteiger partial charge in [-0.2, -0.15) is 0 Å². The van der Waals surface area contributed by atoms with Gasteiger partial charge < -0.3 is 19.9 Å². The number of rotatable bonds is 7. The molecule has 2 rings (SSSR count). The van der Waals surface area contributed by atoms with Crippen molar-refractivity contribution in [2.45, 2.75) is 20.0 Å². The lowest BCUT2D eigenvalue weighted by Crippen LogP contribution is -2.03. The highest BCUT2D eigenvalue weighted by Crippen LogP contribution is 2.32. The summed E-state index contributed by atoms with van der Waals surface area (Å²) in [4.78, 5) is 0. The zero-order valence-corrected chi connectivity index (χ0v) is 12.5. The molecule has 4 nitrogen and oxygen atoms in total. The van der Waals surface area contributed by atoms with Gasteiger partial charge in [-0.25, -0.2) is 0 Å². The van der Waals surface area contributed by atoms with Crippen LogP contribution in [0.15, 0.2) is 42.5 Å². The molecule has 0 aromatic heterocycles. The molecule has 2 aromatic rings. The number of methoxy groups -OCH3 is 1. The fraction of sp³-hybridized carbons (Fsp3) is 0.294. The Morgan fingerprint density at radius 1 is 1.00 bits per heavy atom. The molecule has 2 N–H and O–H groups in total. The highest BCUT2D eigenvalue weighted by molar-refractivity contribution is 5.62. The fourth-order valence-corrected chi connectivity index (χ4v) is 1.91. The van der Waals surface area contributed by atoms with E-state index in [-0.39, 0.29) is 0 Å². The first-order chi connectivity index (χ1) is 10.2. The van der Waals surface area contributed by atoms with E-state index in [9.17, 15) is 0 Å². The van der Waals surface area contributed by atoms with Crippen molar-refractivity contribution in [2.24, 2.45) is 0 Å². The Morgan fingerprint density at radius 3 is 2.43 bits per heavy atom. The van der Waals surface area contributed by atoms with Gasteiger partial charge in [-0.1, -0.05) is 25.1 Å². The standard InChI is InChI=1S/C17H21NO3/c1-3-10-20-15-8-5-9-16(17(15)18)21-12-13-6-4-7-14(11-13)19-2/h4-9,11H,3,10,12,18H2,1-2H3. The van der Waals surface area contributed by atoms with Crippen molar-refractivity contribution < 1.29 is 14.2 Å². The Bertz CT molecular complexity index is 584. The molecule has 2 aromatic carbocycles. The fourth-order valence-electron chi connectivity index (χ4n) is 1.91. The average Bonchev–Trinajstić information content (AvgIpc) is 2.53. The molecule has 112 valence electrons. The molecule has 0 radical (unpaired) electrons. The molecule has 0 aliphatic heterocycles. The molecule has 0 heterocycles. The first kappa shape index (κ1) is 15.0. The number of nitrogen functional groups attached to an aromatic ring is 1. The molecule has 0 aliphatic carbocycles. The Labute approximate surface area is 125 Å². The molecule has 0 amide bonds. The van der Waals surface area contributed by atoms with Crippen LogP contribution < -0.4 is 19.9 Å². The number of ether oxygens (including phenoxy) is 3. The van der Waals surface area contributed by atoms with Crippen molar-refractivity contribution >= 4 is 5.69 Å². The molecule has 0 bridgehead atoms. The highest BCUT2D eigenvalue weighted by Gasteiger charge is 2.07.